The lowest BCUT2D eigenvalue weighted by Crippen LogP contribution is -2.67. The fraction of sp³-hybridized carbons (Fsp3) is 0.125. The highest BCUT2D eigenvalue weighted by Gasteiger charge is 2.59. The van der Waals surface area contributed by atoms with Crippen LogP contribution in [0.2, 0.25) is 20.1 Å². The van der Waals surface area contributed by atoms with Gasteiger partial charge in [0, 0.05) is 20.2 Å². The summed E-state index contributed by atoms with van der Waals surface area (Å²) >= 11 is 31.8. The number of anilines is 1. The first kappa shape index (κ1) is 25.8. The predicted molar refractivity (Wildman–Crippen MR) is 146 cm³/mol. The van der Waals surface area contributed by atoms with Crippen LogP contribution in [0.5, 0.6) is 5.75 Å². The van der Waals surface area contributed by atoms with Crippen LogP contribution in [0.25, 0.3) is 0 Å². The normalized spacial score (nSPS) is 19.0. The van der Waals surface area contributed by atoms with Gasteiger partial charge in [0.25, 0.3) is 17.7 Å². The van der Waals surface area contributed by atoms with Gasteiger partial charge in [-0.3, -0.25) is 19.3 Å². The average molecular weight is 694 g/mol. The van der Waals surface area contributed by atoms with E-state index in [1.165, 1.54) is 12.0 Å². The maximum absolute atomic E-state index is 13.6. The van der Waals surface area contributed by atoms with Crippen molar-refractivity contribution in [2.45, 2.75) is 12.1 Å². The number of carbonyl (C=O) groups is 3. The van der Waals surface area contributed by atoms with Gasteiger partial charge in [-0.05, 0) is 42.5 Å². The van der Waals surface area contributed by atoms with Gasteiger partial charge in [0.15, 0.2) is 0 Å². The molecule has 1 fully saturated rings. The fourth-order valence-electron chi connectivity index (χ4n) is 4.48. The molecule has 2 heterocycles. The van der Waals surface area contributed by atoms with Gasteiger partial charge in [0.2, 0.25) is 0 Å². The van der Waals surface area contributed by atoms with E-state index in [2.05, 4.69) is 31.9 Å². The molecular weight excluding hydrogens is 682 g/mol. The molecule has 0 aliphatic carbocycles. The Morgan fingerprint density at radius 1 is 0.722 bits per heavy atom. The standard InChI is InChI=1S/C24H12Br2Cl4N2O4/c1-36-13-7-4-10(26)8-12(13)20-21(24(35)31(20)11-5-2-9(25)3-6-11)32-22(33)14-15(23(32)34)17(28)19(30)18(29)16(14)27/h2-8,20-21H,1H3/t20-,21+/m1/s1. The maximum Gasteiger partial charge on any atom is 0.264 e. The molecule has 1 saturated heterocycles. The minimum atomic E-state index is -1.20. The minimum Gasteiger partial charge on any atom is -0.496 e. The number of fused-ring (bicyclic) bond motifs is 1. The van der Waals surface area contributed by atoms with E-state index in [1.54, 1.807) is 42.5 Å². The molecule has 0 spiro atoms. The van der Waals surface area contributed by atoms with Crippen molar-refractivity contribution in [1.82, 2.24) is 4.90 Å². The van der Waals surface area contributed by atoms with Gasteiger partial charge in [-0.1, -0.05) is 78.3 Å². The Hall–Kier alpha value is -1.81. The zero-order valence-corrected chi connectivity index (χ0v) is 24.2. The number of carbonyl (C=O) groups excluding carboxylic acids is 3. The molecule has 3 amide bonds. The first-order valence-corrected chi connectivity index (χ1v) is 13.3. The monoisotopic (exact) mass is 690 g/mol. The minimum absolute atomic E-state index is 0.147. The van der Waals surface area contributed by atoms with E-state index in [1.807, 2.05) is 0 Å². The third-order valence-corrected chi connectivity index (χ3v) is 8.92. The number of hydrogen-bond acceptors (Lipinski definition) is 4. The summed E-state index contributed by atoms with van der Waals surface area (Å²) in [5.41, 5.74) is 0.793. The number of hydrogen-bond donors (Lipinski definition) is 0. The molecule has 2 aliphatic heterocycles. The number of rotatable bonds is 4. The summed E-state index contributed by atoms with van der Waals surface area (Å²) in [7, 11) is 1.50. The molecule has 0 aromatic heterocycles. The molecule has 36 heavy (non-hydrogen) atoms. The molecule has 3 aromatic rings. The number of amides is 3. The van der Waals surface area contributed by atoms with Crippen molar-refractivity contribution in [3.05, 3.63) is 88.2 Å². The topological polar surface area (TPSA) is 66.9 Å². The highest BCUT2D eigenvalue weighted by molar-refractivity contribution is 9.10. The lowest BCUT2D eigenvalue weighted by Gasteiger charge is -2.50. The second-order valence-electron chi connectivity index (χ2n) is 7.95. The van der Waals surface area contributed by atoms with E-state index in [-0.39, 0.29) is 31.2 Å². The van der Waals surface area contributed by atoms with Crippen molar-refractivity contribution in [2.24, 2.45) is 0 Å². The second kappa shape index (κ2) is 9.49. The number of nitrogens with zero attached hydrogens (tertiary/aromatic N) is 2. The molecule has 3 aromatic carbocycles. The zero-order chi connectivity index (χ0) is 26.0. The molecule has 5 rings (SSSR count). The summed E-state index contributed by atoms with van der Waals surface area (Å²) in [5.74, 6) is -1.56. The first-order chi connectivity index (χ1) is 17.1. The van der Waals surface area contributed by atoms with Crippen molar-refractivity contribution < 1.29 is 19.1 Å². The van der Waals surface area contributed by atoms with Crippen molar-refractivity contribution in [2.75, 3.05) is 12.0 Å². The SMILES string of the molecule is COc1ccc(Br)cc1[C@@H]1[C@H](N2C(=O)c3c(Cl)c(Cl)c(Cl)c(Cl)c3C2=O)C(=O)N1c1ccc(Br)cc1. The quantitative estimate of drug-likeness (QED) is 0.122. The maximum atomic E-state index is 13.6. The van der Waals surface area contributed by atoms with E-state index in [0.717, 1.165) is 13.8 Å². The van der Waals surface area contributed by atoms with Gasteiger partial charge in [-0.2, -0.15) is 0 Å². The van der Waals surface area contributed by atoms with E-state index >= 15 is 0 Å². The lowest BCUT2D eigenvalue weighted by molar-refractivity contribution is -0.130. The molecule has 0 N–H and O–H groups in total. The number of imide groups is 1. The van der Waals surface area contributed by atoms with Crippen LogP contribution < -0.4 is 9.64 Å². The van der Waals surface area contributed by atoms with E-state index in [4.69, 9.17) is 51.1 Å². The Kier molecular flexibility index (Phi) is 6.81. The Morgan fingerprint density at radius 3 is 1.78 bits per heavy atom. The third-order valence-electron chi connectivity index (χ3n) is 6.09. The third kappa shape index (κ3) is 3.77. The van der Waals surface area contributed by atoms with E-state index < -0.39 is 29.8 Å². The number of halogens is 6. The second-order valence-corrected chi connectivity index (χ2v) is 11.3. The van der Waals surface area contributed by atoms with Gasteiger partial charge in [-0.15, -0.1) is 0 Å². The molecule has 2 atom stereocenters. The molecule has 0 bridgehead atoms. The molecule has 2 aliphatic rings. The van der Waals surface area contributed by atoms with Crippen molar-refractivity contribution >= 4 is 102 Å². The number of ether oxygens (including phenoxy) is 1. The molecule has 0 unspecified atom stereocenters. The van der Waals surface area contributed by atoms with Gasteiger partial charge < -0.3 is 9.64 Å². The largest absolute Gasteiger partial charge is 0.496 e. The van der Waals surface area contributed by atoms with Crippen molar-refractivity contribution in [1.29, 1.82) is 0 Å². The van der Waals surface area contributed by atoms with Crippen LogP contribution in [0.1, 0.15) is 32.3 Å². The van der Waals surface area contributed by atoms with Crippen LogP contribution in [0, 0.1) is 0 Å². The molecule has 0 radical (unpaired) electrons. The van der Waals surface area contributed by atoms with E-state index in [0.29, 0.717) is 17.0 Å². The zero-order valence-electron chi connectivity index (χ0n) is 18.0. The first-order valence-electron chi connectivity index (χ1n) is 10.2. The summed E-state index contributed by atoms with van der Waals surface area (Å²) in [5, 5.41) is -0.691. The fourth-order valence-corrected chi connectivity index (χ4v) is 6.14. The van der Waals surface area contributed by atoms with E-state index in [9.17, 15) is 14.4 Å². The highest BCUT2D eigenvalue weighted by Crippen LogP contribution is 2.50. The molecule has 0 saturated carbocycles. The van der Waals surface area contributed by atoms with Gasteiger partial charge in [0.05, 0.1) is 44.4 Å². The molecule has 184 valence electrons. The molecule has 6 nitrogen and oxygen atoms in total. The predicted octanol–water partition coefficient (Wildman–Crippen LogP) is 7.59. The van der Waals surface area contributed by atoms with Crippen LogP contribution in [0.3, 0.4) is 0 Å². The summed E-state index contributed by atoms with van der Waals surface area (Å²) in [6.07, 6.45) is 0. The van der Waals surface area contributed by atoms with Crippen molar-refractivity contribution in [3.8, 4) is 5.75 Å². The average Bonchev–Trinajstić information content (AvgIpc) is 3.11. The number of methoxy groups -OCH3 is 1. The highest BCUT2D eigenvalue weighted by atomic mass is 79.9. The number of β-lactam (4-membered cyclic amide) rings is 1. The van der Waals surface area contributed by atoms with Crippen LogP contribution in [-0.4, -0.2) is 35.8 Å². The number of benzene rings is 3. The summed E-state index contributed by atoms with van der Waals surface area (Å²) in [4.78, 5) is 43.1. The van der Waals surface area contributed by atoms with Crippen LogP contribution in [-0.2, 0) is 4.79 Å². The smallest absolute Gasteiger partial charge is 0.264 e. The summed E-state index contributed by atoms with van der Waals surface area (Å²) in [6.45, 7) is 0. The van der Waals surface area contributed by atoms with Crippen molar-refractivity contribution in [3.63, 3.8) is 0 Å². The van der Waals surface area contributed by atoms with Crippen LogP contribution >= 0.6 is 78.3 Å². The molecule has 12 heteroatoms. The Labute approximate surface area is 242 Å². The summed E-state index contributed by atoms with van der Waals surface area (Å²) < 4.78 is 7.11. The lowest BCUT2D eigenvalue weighted by atomic mass is 9.85. The molecular formula is C24H12Br2Cl4N2O4. The van der Waals surface area contributed by atoms with Crippen LogP contribution in [0.15, 0.2) is 51.4 Å². The Morgan fingerprint density at radius 2 is 1.25 bits per heavy atom. The van der Waals surface area contributed by atoms with Crippen LogP contribution in [0.4, 0.5) is 5.69 Å². The summed E-state index contributed by atoms with van der Waals surface area (Å²) in [6, 6.07) is 10.4. The van der Waals surface area contributed by atoms with Gasteiger partial charge in [0.1, 0.15) is 11.8 Å². The van der Waals surface area contributed by atoms with Gasteiger partial charge in [-0.25, -0.2) is 0 Å². The Balaban J connectivity index is 1.67. The Bertz CT molecular complexity index is 1440. The van der Waals surface area contributed by atoms with Gasteiger partial charge >= 0.3 is 0 Å².